The first-order valence-electron chi connectivity index (χ1n) is 8.82. The molecule has 2 N–H and O–H groups in total. The summed E-state index contributed by atoms with van der Waals surface area (Å²) < 4.78 is 2.15. The molecule has 1 unspecified atom stereocenters. The average Bonchev–Trinajstić information content (AvgIpc) is 3.18. The van der Waals surface area contributed by atoms with Crippen LogP contribution in [-0.2, 0) is 5.41 Å². The van der Waals surface area contributed by atoms with Crippen molar-refractivity contribution in [1.82, 2.24) is 20.2 Å². The Labute approximate surface area is 156 Å². The van der Waals surface area contributed by atoms with Crippen LogP contribution in [0.3, 0.4) is 0 Å². The van der Waals surface area contributed by atoms with Gasteiger partial charge in [-0.1, -0.05) is 26.8 Å². The SMILES string of the molecule is CNC(=O)c1ccc2c(c1)nc(C(C)(C)C)n2C1C=CC2=NC(=O)NC2=C1. The van der Waals surface area contributed by atoms with Gasteiger partial charge in [0, 0.05) is 18.0 Å². The van der Waals surface area contributed by atoms with Gasteiger partial charge in [0.2, 0.25) is 0 Å². The number of aromatic nitrogens is 2. The van der Waals surface area contributed by atoms with Crippen molar-refractivity contribution in [2.75, 3.05) is 7.05 Å². The molecular formula is C20H21N5O2. The molecule has 1 atom stereocenters. The number of amides is 3. The molecule has 4 rings (SSSR count). The predicted octanol–water partition coefficient (Wildman–Crippen LogP) is 2.85. The van der Waals surface area contributed by atoms with E-state index in [0.29, 0.717) is 11.3 Å². The van der Waals surface area contributed by atoms with Gasteiger partial charge >= 0.3 is 6.03 Å². The average molecular weight is 363 g/mol. The topological polar surface area (TPSA) is 88.4 Å². The van der Waals surface area contributed by atoms with Crippen LogP contribution in [0.4, 0.5) is 4.79 Å². The highest BCUT2D eigenvalue weighted by Gasteiger charge is 2.29. The van der Waals surface area contributed by atoms with Crippen molar-refractivity contribution in [2.45, 2.75) is 32.2 Å². The van der Waals surface area contributed by atoms with Gasteiger partial charge in [0.15, 0.2) is 0 Å². The van der Waals surface area contributed by atoms with E-state index >= 15 is 0 Å². The lowest BCUT2D eigenvalue weighted by Gasteiger charge is -2.25. The van der Waals surface area contributed by atoms with Gasteiger partial charge < -0.3 is 15.2 Å². The third-order valence-corrected chi connectivity index (χ3v) is 4.68. The highest BCUT2D eigenvalue weighted by Crippen LogP contribution is 2.33. The van der Waals surface area contributed by atoms with E-state index < -0.39 is 0 Å². The molecule has 0 saturated heterocycles. The largest absolute Gasteiger partial charge is 0.355 e. The second-order valence-electron chi connectivity index (χ2n) is 7.70. The number of carbonyl (C=O) groups excluding carboxylic acids is 2. The molecule has 0 fully saturated rings. The minimum atomic E-state index is -0.344. The maximum Gasteiger partial charge on any atom is 0.346 e. The first-order valence-corrected chi connectivity index (χ1v) is 8.82. The van der Waals surface area contributed by atoms with E-state index in [2.05, 4.69) is 41.0 Å². The van der Waals surface area contributed by atoms with Gasteiger partial charge in [0.05, 0.1) is 28.5 Å². The number of nitrogens with zero attached hydrogens (tertiary/aromatic N) is 3. The summed E-state index contributed by atoms with van der Waals surface area (Å²) >= 11 is 0. The lowest BCUT2D eigenvalue weighted by Crippen LogP contribution is -2.24. The Kier molecular flexibility index (Phi) is 3.76. The maximum absolute atomic E-state index is 12.0. The number of nitrogens with one attached hydrogen (secondary N) is 2. The summed E-state index contributed by atoms with van der Waals surface area (Å²) in [5.74, 6) is 0.765. The number of benzene rings is 1. The van der Waals surface area contributed by atoms with Gasteiger partial charge in [-0.15, -0.1) is 0 Å². The molecule has 2 aromatic rings. The zero-order chi connectivity index (χ0) is 19.3. The summed E-state index contributed by atoms with van der Waals surface area (Å²) in [7, 11) is 1.61. The van der Waals surface area contributed by atoms with Crippen molar-refractivity contribution in [3.63, 3.8) is 0 Å². The van der Waals surface area contributed by atoms with Crippen molar-refractivity contribution in [1.29, 1.82) is 0 Å². The lowest BCUT2D eigenvalue weighted by molar-refractivity contribution is 0.0963. The quantitative estimate of drug-likeness (QED) is 0.860. The van der Waals surface area contributed by atoms with Crippen LogP contribution in [0.15, 0.2) is 47.1 Å². The Morgan fingerprint density at radius 1 is 1.30 bits per heavy atom. The number of hydrogen-bond acceptors (Lipinski definition) is 3. The van der Waals surface area contributed by atoms with E-state index in [0.717, 1.165) is 22.6 Å². The van der Waals surface area contributed by atoms with E-state index in [-0.39, 0.29) is 23.4 Å². The molecule has 7 heteroatoms. The minimum Gasteiger partial charge on any atom is -0.355 e. The highest BCUT2D eigenvalue weighted by atomic mass is 16.2. The van der Waals surface area contributed by atoms with Crippen LogP contribution in [0.25, 0.3) is 11.0 Å². The van der Waals surface area contributed by atoms with Crippen molar-refractivity contribution in [3.05, 3.63) is 53.5 Å². The van der Waals surface area contributed by atoms with Gasteiger partial charge in [0.1, 0.15) is 5.82 Å². The molecule has 1 aromatic carbocycles. The Balaban J connectivity index is 1.89. The summed E-state index contributed by atoms with van der Waals surface area (Å²) in [5.41, 5.74) is 3.44. The standard InChI is InChI=1S/C20H21N5O2/c1-20(2,3)18-22-15-9-11(17(26)21-4)5-8-16(15)25(18)12-6-7-13-14(10-12)24-19(27)23-13/h5-10,12H,1-4H3,(H,21,26)(H,24,27). The number of carbonyl (C=O) groups is 2. The fourth-order valence-electron chi connectivity index (χ4n) is 3.42. The van der Waals surface area contributed by atoms with Crippen molar-refractivity contribution in [2.24, 2.45) is 4.99 Å². The number of imidazole rings is 1. The lowest BCUT2D eigenvalue weighted by atomic mass is 9.94. The van der Waals surface area contributed by atoms with Crippen LogP contribution in [-0.4, -0.2) is 34.2 Å². The van der Waals surface area contributed by atoms with Gasteiger partial charge in [-0.2, -0.15) is 4.99 Å². The van der Waals surface area contributed by atoms with Crippen LogP contribution in [0.2, 0.25) is 0 Å². The predicted molar refractivity (Wildman–Crippen MR) is 104 cm³/mol. The molecule has 1 aliphatic heterocycles. The van der Waals surface area contributed by atoms with Crippen LogP contribution in [0.1, 0.15) is 43.0 Å². The zero-order valence-electron chi connectivity index (χ0n) is 15.7. The van der Waals surface area contributed by atoms with Crippen LogP contribution in [0, 0.1) is 0 Å². The molecule has 1 aliphatic carbocycles. The normalized spacial score (nSPS) is 18.8. The maximum atomic E-state index is 12.0. The zero-order valence-corrected chi connectivity index (χ0v) is 15.7. The number of rotatable bonds is 2. The fraction of sp³-hybridized carbons (Fsp3) is 0.300. The smallest absolute Gasteiger partial charge is 0.346 e. The summed E-state index contributed by atoms with van der Waals surface area (Å²) in [6.07, 6.45) is 5.84. The summed E-state index contributed by atoms with van der Waals surface area (Å²) in [4.78, 5) is 32.3. The first kappa shape index (κ1) is 17.2. The molecule has 27 heavy (non-hydrogen) atoms. The molecule has 7 nitrogen and oxygen atoms in total. The van der Waals surface area contributed by atoms with Gasteiger partial charge in [0.25, 0.3) is 5.91 Å². The van der Waals surface area contributed by atoms with E-state index in [4.69, 9.17) is 4.98 Å². The Morgan fingerprint density at radius 2 is 2.07 bits per heavy atom. The van der Waals surface area contributed by atoms with E-state index in [1.807, 2.05) is 30.4 Å². The molecule has 3 amide bonds. The third kappa shape index (κ3) is 2.85. The van der Waals surface area contributed by atoms with Crippen molar-refractivity contribution in [3.8, 4) is 0 Å². The monoisotopic (exact) mass is 363 g/mol. The minimum absolute atomic E-state index is 0.109. The number of aliphatic imine (C=N–C) groups is 1. The number of urea groups is 1. The summed E-state index contributed by atoms with van der Waals surface area (Å²) in [6, 6.07) is 5.08. The first-order chi connectivity index (χ1) is 12.8. The van der Waals surface area contributed by atoms with E-state index in [1.54, 1.807) is 13.1 Å². The summed E-state index contributed by atoms with van der Waals surface area (Å²) in [6.45, 7) is 6.32. The highest BCUT2D eigenvalue weighted by molar-refractivity contribution is 6.19. The van der Waals surface area contributed by atoms with Gasteiger partial charge in [-0.05, 0) is 30.4 Å². The van der Waals surface area contributed by atoms with Crippen LogP contribution < -0.4 is 10.6 Å². The van der Waals surface area contributed by atoms with Crippen molar-refractivity contribution < 1.29 is 9.59 Å². The molecule has 0 saturated carbocycles. The molecule has 0 radical (unpaired) electrons. The summed E-state index contributed by atoms with van der Waals surface area (Å²) in [5, 5.41) is 5.41. The molecular weight excluding hydrogens is 342 g/mol. The Bertz CT molecular complexity index is 1070. The molecule has 0 bridgehead atoms. The van der Waals surface area contributed by atoms with Crippen LogP contribution >= 0.6 is 0 Å². The number of allylic oxidation sites excluding steroid dienone is 3. The third-order valence-electron chi connectivity index (χ3n) is 4.68. The molecule has 2 aliphatic rings. The number of hydrogen-bond donors (Lipinski definition) is 2. The Morgan fingerprint density at radius 3 is 2.78 bits per heavy atom. The molecule has 1 aromatic heterocycles. The molecule has 138 valence electrons. The second-order valence-corrected chi connectivity index (χ2v) is 7.70. The fourth-order valence-corrected chi connectivity index (χ4v) is 3.42. The van der Waals surface area contributed by atoms with E-state index in [1.165, 1.54) is 0 Å². The number of fused-ring (bicyclic) bond motifs is 2. The molecule has 2 heterocycles. The second kappa shape index (κ2) is 5.90. The van der Waals surface area contributed by atoms with Gasteiger partial charge in [-0.3, -0.25) is 4.79 Å². The van der Waals surface area contributed by atoms with Gasteiger partial charge in [-0.25, -0.2) is 9.78 Å². The molecule has 0 spiro atoms. The van der Waals surface area contributed by atoms with Crippen LogP contribution in [0.5, 0.6) is 0 Å². The van der Waals surface area contributed by atoms with E-state index in [9.17, 15) is 9.59 Å². The Hall–Kier alpha value is -3.22. The van der Waals surface area contributed by atoms with Crippen molar-refractivity contribution >= 4 is 28.7 Å².